The molecule has 2 aromatic rings. The molecule has 0 spiro atoms. The van der Waals surface area contributed by atoms with Gasteiger partial charge >= 0.3 is 0 Å². The number of hydrogen-bond acceptors (Lipinski definition) is 2. The third kappa shape index (κ3) is 3.07. The van der Waals surface area contributed by atoms with Crippen molar-refractivity contribution in [1.82, 2.24) is 0 Å². The zero-order valence-electron chi connectivity index (χ0n) is 8.66. The summed E-state index contributed by atoms with van der Waals surface area (Å²) in [5, 5.41) is 12.2. The first-order chi connectivity index (χ1) is 8.08. The SMILES string of the molecule is OC(Cc1c(F)cccc1Cl)c1cc(Br)cs1. The van der Waals surface area contributed by atoms with E-state index in [9.17, 15) is 9.50 Å². The molecule has 5 heteroatoms. The van der Waals surface area contributed by atoms with Crippen LogP contribution in [0.1, 0.15) is 16.5 Å². The van der Waals surface area contributed by atoms with Gasteiger partial charge in [-0.3, -0.25) is 0 Å². The van der Waals surface area contributed by atoms with Crippen molar-refractivity contribution >= 4 is 38.9 Å². The quantitative estimate of drug-likeness (QED) is 0.870. The van der Waals surface area contributed by atoms with Crippen LogP contribution in [-0.2, 0) is 6.42 Å². The van der Waals surface area contributed by atoms with Crippen LogP contribution in [0.3, 0.4) is 0 Å². The van der Waals surface area contributed by atoms with E-state index in [0.717, 1.165) is 9.35 Å². The highest BCUT2D eigenvalue weighted by atomic mass is 79.9. The molecule has 90 valence electrons. The number of aliphatic hydroxyl groups is 1. The van der Waals surface area contributed by atoms with E-state index in [0.29, 0.717) is 10.6 Å². The highest BCUT2D eigenvalue weighted by molar-refractivity contribution is 9.10. The van der Waals surface area contributed by atoms with Gasteiger partial charge in [0.05, 0.1) is 6.10 Å². The van der Waals surface area contributed by atoms with Crippen LogP contribution < -0.4 is 0 Å². The summed E-state index contributed by atoms with van der Waals surface area (Å²) in [6.07, 6.45) is -0.556. The highest BCUT2D eigenvalue weighted by Gasteiger charge is 2.15. The van der Waals surface area contributed by atoms with E-state index in [4.69, 9.17) is 11.6 Å². The molecule has 1 aromatic carbocycles. The first-order valence-corrected chi connectivity index (χ1v) is 6.98. The minimum atomic E-state index is -0.735. The zero-order valence-corrected chi connectivity index (χ0v) is 11.8. The van der Waals surface area contributed by atoms with E-state index in [2.05, 4.69) is 15.9 Å². The number of thiophene rings is 1. The van der Waals surface area contributed by atoms with Crippen LogP contribution in [-0.4, -0.2) is 5.11 Å². The maximum atomic E-state index is 13.5. The van der Waals surface area contributed by atoms with Crippen molar-refractivity contribution in [2.45, 2.75) is 12.5 Å². The summed E-state index contributed by atoms with van der Waals surface area (Å²) in [4.78, 5) is 0.788. The van der Waals surface area contributed by atoms with Gasteiger partial charge in [0.2, 0.25) is 0 Å². The van der Waals surface area contributed by atoms with Crippen molar-refractivity contribution in [3.63, 3.8) is 0 Å². The average molecular weight is 336 g/mol. The Labute approximate surface area is 116 Å². The summed E-state index contributed by atoms with van der Waals surface area (Å²) in [5.74, 6) is -0.382. The molecule has 0 fully saturated rings. The summed E-state index contributed by atoms with van der Waals surface area (Å²) in [5.41, 5.74) is 0.353. The molecule has 0 amide bonds. The van der Waals surface area contributed by atoms with Crippen molar-refractivity contribution in [2.75, 3.05) is 0 Å². The van der Waals surface area contributed by atoms with E-state index in [1.807, 2.05) is 11.4 Å². The van der Waals surface area contributed by atoms with E-state index >= 15 is 0 Å². The van der Waals surface area contributed by atoms with E-state index < -0.39 is 6.10 Å². The summed E-state index contributed by atoms with van der Waals surface area (Å²) in [6, 6.07) is 6.34. The smallest absolute Gasteiger partial charge is 0.127 e. The Bertz CT molecular complexity index is 509. The predicted molar refractivity (Wildman–Crippen MR) is 72.1 cm³/mol. The predicted octanol–water partition coefficient (Wildman–Crippen LogP) is 4.58. The molecule has 0 saturated carbocycles. The van der Waals surface area contributed by atoms with Gasteiger partial charge in [0.15, 0.2) is 0 Å². The Balaban J connectivity index is 2.21. The molecule has 1 nitrogen and oxygen atoms in total. The van der Waals surface area contributed by atoms with Crippen LogP contribution in [0, 0.1) is 5.82 Å². The summed E-state index contributed by atoms with van der Waals surface area (Å²) in [7, 11) is 0. The van der Waals surface area contributed by atoms with E-state index in [1.165, 1.54) is 17.4 Å². The average Bonchev–Trinajstić information content (AvgIpc) is 2.70. The molecule has 1 N–H and O–H groups in total. The molecular weight excluding hydrogens is 327 g/mol. The number of rotatable bonds is 3. The van der Waals surface area contributed by atoms with Gasteiger partial charge in [-0.15, -0.1) is 11.3 Å². The third-order valence-corrected chi connectivity index (χ3v) is 4.52. The van der Waals surface area contributed by atoms with Crippen LogP contribution in [0.5, 0.6) is 0 Å². The largest absolute Gasteiger partial charge is 0.387 e. The molecule has 0 aliphatic carbocycles. The van der Waals surface area contributed by atoms with Crippen LogP contribution in [0.25, 0.3) is 0 Å². The van der Waals surface area contributed by atoms with E-state index in [-0.39, 0.29) is 12.2 Å². The molecule has 1 heterocycles. The second-order valence-corrected chi connectivity index (χ2v) is 5.85. The molecule has 17 heavy (non-hydrogen) atoms. The summed E-state index contributed by atoms with van der Waals surface area (Å²) >= 11 is 10.6. The van der Waals surface area contributed by atoms with Gasteiger partial charge in [-0.2, -0.15) is 0 Å². The summed E-state index contributed by atoms with van der Waals surface area (Å²) in [6.45, 7) is 0. The van der Waals surface area contributed by atoms with Gasteiger partial charge in [0.1, 0.15) is 5.82 Å². The Kier molecular flexibility index (Phi) is 4.20. The lowest BCUT2D eigenvalue weighted by Crippen LogP contribution is -2.02. The fourth-order valence-electron chi connectivity index (χ4n) is 1.52. The van der Waals surface area contributed by atoms with Crippen molar-refractivity contribution in [2.24, 2.45) is 0 Å². The lowest BCUT2D eigenvalue weighted by Gasteiger charge is -2.10. The molecular formula is C12H9BrClFOS. The normalized spacial score (nSPS) is 12.7. The van der Waals surface area contributed by atoms with Crippen molar-refractivity contribution in [3.05, 3.63) is 55.4 Å². The second-order valence-electron chi connectivity index (χ2n) is 3.59. The van der Waals surface area contributed by atoms with Crippen LogP contribution >= 0.6 is 38.9 Å². The van der Waals surface area contributed by atoms with Gasteiger partial charge in [0.25, 0.3) is 0 Å². The maximum Gasteiger partial charge on any atom is 0.127 e. The maximum absolute atomic E-state index is 13.5. The Hall–Kier alpha value is -0.420. The lowest BCUT2D eigenvalue weighted by molar-refractivity contribution is 0.181. The van der Waals surface area contributed by atoms with E-state index in [1.54, 1.807) is 12.1 Å². The van der Waals surface area contributed by atoms with Gasteiger partial charge in [0, 0.05) is 31.7 Å². The second kappa shape index (κ2) is 5.48. The van der Waals surface area contributed by atoms with Crippen molar-refractivity contribution in [1.29, 1.82) is 0 Å². The van der Waals surface area contributed by atoms with Crippen molar-refractivity contribution in [3.8, 4) is 0 Å². The summed E-state index contributed by atoms with van der Waals surface area (Å²) < 4.78 is 14.4. The Morgan fingerprint density at radius 2 is 2.24 bits per heavy atom. The number of aliphatic hydroxyl groups excluding tert-OH is 1. The monoisotopic (exact) mass is 334 g/mol. The zero-order chi connectivity index (χ0) is 12.4. The number of halogens is 3. The van der Waals surface area contributed by atoms with Gasteiger partial charge in [-0.05, 0) is 34.1 Å². The lowest BCUT2D eigenvalue weighted by atomic mass is 10.1. The standard InChI is InChI=1S/C12H9BrClFOS/c13-7-4-12(17-6-7)11(16)5-8-9(14)2-1-3-10(8)15/h1-4,6,11,16H,5H2. The molecule has 0 radical (unpaired) electrons. The first kappa shape index (κ1) is 13.0. The Morgan fingerprint density at radius 1 is 1.47 bits per heavy atom. The number of benzene rings is 1. The van der Waals surface area contributed by atoms with Gasteiger partial charge in [-0.25, -0.2) is 4.39 Å². The molecule has 0 aliphatic heterocycles. The van der Waals surface area contributed by atoms with Gasteiger partial charge < -0.3 is 5.11 Å². The molecule has 0 aliphatic rings. The third-order valence-electron chi connectivity index (χ3n) is 2.38. The highest BCUT2D eigenvalue weighted by Crippen LogP contribution is 2.30. The van der Waals surface area contributed by atoms with Crippen LogP contribution in [0.15, 0.2) is 34.1 Å². The fourth-order valence-corrected chi connectivity index (χ4v) is 3.20. The minimum absolute atomic E-state index is 0.179. The number of hydrogen-bond donors (Lipinski definition) is 1. The topological polar surface area (TPSA) is 20.2 Å². The molecule has 2 rings (SSSR count). The fraction of sp³-hybridized carbons (Fsp3) is 0.167. The molecule has 0 bridgehead atoms. The van der Waals surface area contributed by atoms with Crippen LogP contribution in [0.2, 0.25) is 5.02 Å². The molecule has 1 aromatic heterocycles. The van der Waals surface area contributed by atoms with Crippen LogP contribution in [0.4, 0.5) is 4.39 Å². The Morgan fingerprint density at radius 3 is 2.82 bits per heavy atom. The minimum Gasteiger partial charge on any atom is -0.387 e. The molecule has 0 saturated heterocycles. The van der Waals surface area contributed by atoms with Crippen molar-refractivity contribution < 1.29 is 9.50 Å². The molecule has 1 unspecified atom stereocenters. The molecule has 1 atom stereocenters. The first-order valence-electron chi connectivity index (χ1n) is 4.93. The van der Waals surface area contributed by atoms with Gasteiger partial charge in [-0.1, -0.05) is 17.7 Å².